The Morgan fingerprint density at radius 2 is 1.78 bits per heavy atom. The molecule has 6 nitrogen and oxygen atoms in total. The maximum atomic E-state index is 4.78. The van der Waals surface area contributed by atoms with Crippen LogP contribution in [0.5, 0.6) is 0 Å². The van der Waals surface area contributed by atoms with E-state index in [1.54, 1.807) is 0 Å². The van der Waals surface area contributed by atoms with E-state index in [4.69, 9.17) is 4.99 Å². The van der Waals surface area contributed by atoms with Crippen LogP contribution in [0.4, 0.5) is 0 Å². The second kappa shape index (κ2) is 11.3. The molecular weight excluding hydrogens is 336 g/mol. The van der Waals surface area contributed by atoms with Crippen molar-refractivity contribution in [1.29, 1.82) is 0 Å². The van der Waals surface area contributed by atoms with E-state index < -0.39 is 0 Å². The third kappa shape index (κ3) is 7.53. The van der Waals surface area contributed by atoms with Crippen LogP contribution in [0.3, 0.4) is 0 Å². The second-order valence-corrected chi connectivity index (χ2v) is 8.06. The molecule has 1 unspecified atom stereocenters. The van der Waals surface area contributed by atoms with Crippen molar-refractivity contribution in [2.75, 3.05) is 19.6 Å². The first-order chi connectivity index (χ1) is 12.7. The van der Waals surface area contributed by atoms with Crippen molar-refractivity contribution in [3.8, 4) is 0 Å². The van der Waals surface area contributed by atoms with Crippen LogP contribution in [0, 0.1) is 13.8 Å². The van der Waals surface area contributed by atoms with Gasteiger partial charge in [0.05, 0.1) is 5.69 Å². The summed E-state index contributed by atoms with van der Waals surface area (Å²) in [6.07, 6.45) is 2.02. The maximum absolute atomic E-state index is 4.78. The Morgan fingerprint density at radius 1 is 1.15 bits per heavy atom. The summed E-state index contributed by atoms with van der Waals surface area (Å²) in [6.45, 7) is 20.4. The number of nitrogens with one attached hydrogen (secondary N) is 2. The highest BCUT2D eigenvalue weighted by Gasteiger charge is 2.14. The number of aliphatic imine (C=N–C) groups is 1. The number of aryl methyl sites for hydroxylation is 2. The van der Waals surface area contributed by atoms with Gasteiger partial charge in [-0.25, -0.2) is 0 Å². The molecule has 0 aliphatic heterocycles. The van der Waals surface area contributed by atoms with Gasteiger partial charge in [-0.3, -0.25) is 14.6 Å². The lowest BCUT2D eigenvalue weighted by molar-refractivity contribution is 0.174. The number of hydrogen-bond acceptors (Lipinski definition) is 3. The first-order valence-electron chi connectivity index (χ1n) is 10.5. The zero-order valence-corrected chi connectivity index (χ0v) is 19.1. The number of nitrogens with zero attached hydrogens (tertiary/aromatic N) is 4. The van der Waals surface area contributed by atoms with Crippen LogP contribution in [-0.2, 0) is 13.5 Å². The quantitative estimate of drug-likeness (QED) is 0.373. The predicted molar refractivity (Wildman–Crippen MR) is 117 cm³/mol. The molecule has 1 heterocycles. The lowest BCUT2D eigenvalue weighted by Crippen LogP contribution is -2.43. The second-order valence-electron chi connectivity index (χ2n) is 8.06. The van der Waals surface area contributed by atoms with E-state index in [0.29, 0.717) is 18.1 Å². The first-order valence-corrected chi connectivity index (χ1v) is 10.5. The van der Waals surface area contributed by atoms with E-state index in [0.717, 1.165) is 44.1 Å². The van der Waals surface area contributed by atoms with E-state index in [1.807, 2.05) is 11.7 Å². The molecule has 2 N–H and O–H groups in total. The number of rotatable bonds is 10. The smallest absolute Gasteiger partial charge is 0.191 e. The Kier molecular flexibility index (Phi) is 9.84. The fourth-order valence-electron chi connectivity index (χ4n) is 3.58. The van der Waals surface area contributed by atoms with Crippen LogP contribution in [0.25, 0.3) is 0 Å². The molecule has 0 bridgehead atoms. The first kappa shape index (κ1) is 23.5. The highest BCUT2D eigenvalue weighted by atomic mass is 15.3. The Morgan fingerprint density at radius 3 is 2.26 bits per heavy atom. The average Bonchev–Trinajstić information content (AvgIpc) is 2.80. The standard InChI is InChI=1S/C21H42N6/c1-10-22-21(23-12-11-13-27(15(2)3)16(4)5)24-17(6)14-20-18(7)25-26(9)19(20)8/h15-17H,10-14H2,1-9H3,(H2,22,23,24). The Bertz CT molecular complexity index is 580. The number of guanidine groups is 1. The molecule has 0 saturated carbocycles. The van der Waals surface area contributed by atoms with Crippen molar-refractivity contribution in [2.45, 2.75) is 86.4 Å². The minimum absolute atomic E-state index is 0.298. The van der Waals surface area contributed by atoms with Crippen molar-refractivity contribution >= 4 is 5.96 Å². The zero-order valence-electron chi connectivity index (χ0n) is 19.1. The number of hydrogen-bond donors (Lipinski definition) is 2. The molecule has 0 fully saturated rings. The van der Waals surface area contributed by atoms with Gasteiger partial charge >= 0.3 is 0 Å². The Labute approximate surface area is 166 Å². The third-order valence-corrected chi connectivity index (χ3v) is 5.07. The number of aromatic nitrogens is 2. The lowest BCUT2D eigenvalue weighted by Gasteiger charge is -2.30. The third-order valence-electron chi connectivity index (χ3n) is 5.07. The highest BCUT2D eigenvalue weighted by Crippen LogP contribution is 2.14. The van der Waals surface area contributed by atoms with E-state index in [-0.39, 0.29) is 0 Å². The molecule has 0 aliphatic rings. The van der Waals surface area contributed by atoms with Crippen molar-refractivity contribution in [3.05, 3.63) is 17.0 Å². The van der Waals surface area contributed by atoms with Crippen molar-refractivity contribution in [2.24, 2.45) is 12.0 Å². The van der Waals surface area contributed by atoms with Crippen LogP contribution in [0.1, 0.15) is 64.9 Å². The molecule has 156 valence electrons. The van der Waals surface area contributed by atoms with Gasteiger partial charge in [0, 0.05) is 50.5 Å². The molecule has 0 saturated heterocycles. The van der Waals surface area contributed by atoms with E-state index >= 15 is 0 Å². The van der Waals surface area contributed by atoms with E-state index in [1.165, 1.54) is 11.3 Å². The molecule has 0 spiro atoms. The molecule has 1 atom stereocenters. The summed E-state index contributed by atoms with van der Waals surface area (Å²) in [5, 5.41) is 11.4. The highest BCUT2D eigenvalue weighted by molar-refractivity contribution is 5.80. The van der Waals surface area contributed by atoms with Gasteiger partial charge < -0.3 is 10.6 Å². The fourth-order valence-corrected chi connectivity index (χ4v) is 3.58. The zero-order chi connectivity index (χ0) is 20.6. The van der Waals surface area contributed by atoms with E-state index in [2.05, 4.69) is 76.0 Å². The van der Waals surface area contributed by atoms with Gasteiger partial charge in [0.2, 0.25) is 0 Å². The predicted octanol–water partition coefficient (Wildman–Crippen LogP) is 3.03. The SMILES string of the molecule is CCNC(=NCCCN(C(C)C)C(C)C)NC(C)Cc1c(C)nn(C)c1C. The Hall–Kier alpha value is -1.56. The van der Waals surface area contributed by atoms with Crippen LogP contribution in [0.2, 0.25) is 0 Å². The molecule has 0 aromatic carbocycles. The van der Waals surface area contributed by atoms with Gasteiger partial charge in [0.15, 0.2) is 5.96 Å². The minimum atomic E-state index is 0.298. The molecule has 0 amide bonds. The van der Waals surface area contributed by atoms with Gasteiger partial charge in [0.1, 0.15) is 0 Å². The maximum Gasteiger partial charge on any atom is 0.191 e. The molecule has 1 aromatic rings. The van der Waals surface area contributed by atoms with Crippen molar-refractivity contribution in [3.63, 3.8) is 0 Å². The molecule has 1 aromatic heterocycles. The summed E-state index contributed by atoms with van der Waals surface area (Å²) < 4.78 is 1.96. The summed E-state index contributed by atoms with van der Waals surface area (Å²) in [4.78, 5) is 7.30. The van der Waals surface area contributed by atoms with Crippen LogP contribution >= 0.6 is 0 Å². The van der Waals surface area contributed by atoms with Gasteiger partial charge in [0.25, 0.3) is 0 Å². The monoisotopic (exact) mass is 378 g/mol. The normalized spacial score (nSPS) is 13.7. The molecule has 0 aliphatic carbocycles. The lowest BCUT2D eigenvalue weighted by atomic mass is 10.1. The van der Waals surface area contributed by atoms with E-state index in [9.17, 15) is 0 Å². The summed E-state index contributed by atoms with van der Waals surface area (Å²) in [7, 11) is 2.01. The fraction of sp³-hybridized carbons (Fsp3) is 0.810. The summed E-state index contributed by atoms with van der Waals surface area (Å²) >= 11 is 0. The van der Waals surface area contributed by atoms with Crippen LogP contribution in [0.15, 0.2) is 4.99 Å². The van der Waals surface area contributed by atoms with Gasteiger partial charge in [-0.15, -0.1) is 0 Å². The van der Waals surface area contributed by atoms with Gasteiger partial charge in [-0.05, 0) is 73.8 Å². The summed E-state index contributed by atoms with van der Waals surface area (Å²) in [5.74, 6) is 0.907. The molecule has 0 radical (unpaired) electrons. The molecular formula is C21H42N6. The van der Waals surface area contributed by atoms with Gasteiger partial charge in [-0.2, -0.15) is 5.10 Å². The average molecular weight is 379 g/mol. The summed E-state index contributed by atoms with van der Waals surface area (Å²) in [6, 6.07) is 1.45. The summed E-state index contributed by atoms with van der Waals surface area (Å²) in [5.41, 5.74) is 3.69. The largest absolute Gasteiger partial charge is 0.357 e. The molecule has 1 rings (SSSR count). The van der Waals surface area contributed by atoms with Crippen molar-refractivity contribution in [1.82, 2.24) is 25.3 Å². The topological polar surface area (TPSA) is 57.5 Å². The Balaban J connectivity index is 2.60. The van der Waals surface area contributed by atoms with Crippen LogP contribution in [-0.4, -0.2) is 58.4 Å². The molecule has 6 heteroatoms. The van der Waals surface area contributed by atoms with Crippen molar-refractivity contribution < 1.29 is 0 Å². The van der Waals surface area contributed by atoms with Gasteiger partial charge in [-0.1, -0.05) is 0 Å². The minimum Gasteiger partial charge on any atom is -0.357 e. The molecule has 27 heavy (non-hydrogen) atoms. The van der Waals surface area contributed by atoms with Crippen LogP contribution < -0.4 is 10.6 Å².